The smallest absolute Gasteiger partial charge is 0.236 e. The van der Waals surface area contributed by atoms with Crippen LogP contribution in [-0.4, -0.2) is 31.2 Å². The van der Waals surface area contributed by atoms with Crippen molar-refractivity contribution >= 4 is 5.91 Å². The van der Waals surface area contributed by atoms with E-state index in [1.165, 1.54) is 0 Å². The molecule has 4 heteroatoms. The second-order valence-electron chi connectivity index (χ2n) is 2.94. The van der Waals surface area contributed by atoms with Crippen LogP contribution in [0.5, 0.6) is 0 Å². The molecule has 0 aromatic heterocycles. The first kappa shape index (κ1) is 11.4. The minimum Gasteiger partial charge on any atom is -0.380 e. The first-order valence-corrected chi connectivity index (χ1v) is 4.21. The van der Waals surface area contributed by atoms with Gasteiger partial charge in [0.05, 0.1) is 6.61 Å². The molecule has 72 valence electrons. The number of nitrogens with one attached hydrogen (secondary N) is 1. The summed E-state index contributed by atoms with van der Waals surface area (Å²) in [5, 5.41) is 3.01. The third kappa shape index (κ3) is 5.09. The van der Waals surface area contributed by atoms with Crippen molar-refractivity contribution in [3.63, 3.8) is 0 Å². The first-order chi connectivity index (χ1) is 5.57. The highest BCUT2D eigenvalue weighted by Gasteiger charge is 2.15. The van der Waals surface area contributed by atoms with Crippen LogP contribution in [0.25, 0.3) is 0 Å². The molecule has 0 heterocycles. The number of carbonyl (C=O) groups is 1. The molecule has 0 aromatic carbocycles. The van der Waals surface area contributed by atoms with Gasteiger partial charge in [-0.2, -0.15) is 0 Å². The number of hydrogen-bond donors (Lipinski definition) is 2. The van der Waals surface area contributed by atoms with E-state index < -0.39 is 0 Å². The fourth-order valence-electron chi connectivity index (χ4n) is 0.850. The van der Waals surface area contributed by atoms with Crippen molar-refractivity contribution in [3.8, 4) is 0 Å². The van der Waals surface area contributed by atoms with Crippen molar-refractivity contribution < 1.29 is 9.53 Å². The monoisotopic (exact) mass is 174 g/mol. The van der Waals surface area contributed by atoms with Gasteiger partial charge in [0.15, 0.2) is 0 Å². The van der Waals surface area contributed by atoms with Crippen molar-refractivity contribution in [2.45, 2.75) is 32.9 Å². The molecule has 0 saturated carbocycles. The fraction of sp³-hybridized carbons (Fsp3) is 0.875. The zero-order chi connectivity index (χ0) is 9.56. The van der Waals surface area contributed by atoms with Gasteiger partial charge >= 0.3 is 0 Å². The van der Waals surface area contributed by atoms with Crippen molar-refractivity contribution in [1.82, 2.24) is 5.32 Å². The average Bonchev–Trinajstić information content (AvgIpc) is 1.96. The number of ether oxygens (including phenoxy) is 1. The Bertz CT molecular complexity index is 137. The number of rotatable bonds is 6. The molecule has 0 saturated heterocycles. The van der Waals surface area contributed by atoms with E-state index in [0.29, 0.717) is 13.2 Å². The average molecular weight is 174 g/mol. The summed E-state index contributed by atoms with van der Waals surface area (Å²) in [5.74, 6) is -0.364. The largest absolute Gasteiger partial charge is 0.380 e. The van der Waals surface area contributed by atoms with Crippen LogP contribution in [-0.2, 0) is 9.53 Å². The van der Waals surface area contributed by atoms with Gasteiger partial charge in [-0.25, -0.2) is 0 Å². The van der Waals surface area contributed by atoms with Gasteiger partial charge in [0.2, 0.25) is 5.91 Å². The van der Waals surface area contributed by atoms with Crippen LogP contribution in [0.15, 0.2) is 0 Å². The molecule has 0 radical (unpaired) electrons. The molecule has 12 heavy (non-hydrogen) atoms. The highest BCUT2D eigenvalue weighted by atomic mass is 16.5. The van der Waals surface area contributed by atoms with E-state index in [1.54, 1.807) is 0 Å². The fourth-order valence-corrected chi connectivity index (χ4v) is 0.850. The predicted molar refractivity (Wildman–Crippen MR) is 47.7 cm³/mol. The lowest BCUT2D eigenvalue weighted by atomic mass is 10.2. The summed E-state index contributed by atoms with van der Waals surface area (Å²) in [6.45, 7) is 6.75. The zero-order valence-electron chi connectivity index (χ0n) is 7.96. The van der Waals surface area contributed by atoms with Gasteiger partial charge in [0.25, 0.3) is 0 Å². The highest BCUT2D eigenvalue weighted by Crippen LogP contribution is 1.88. The Morgan fingerprint density at radius 2 is 2.17 bits per heavy atom. The van der Waals surface area contributed by atoms with Crippen LogP contribution >= 0.6 is 0 Å². The third-order valence-electron chi connectivity index (χ3n) is 1.37. The van der Waals surface area contributed by atoms with Gasteiger partial charge in [-0.05, 0) is 6.92 Å². The van der Waals surface area contributed by atoms with Crippen molar-refractivity contribution in [1.29, 1.82) is 0 Å². The molecule has 0 bridgehead atoms. The van der Waals surface area contributed by atoms with Gasteiger partial charge in [-0.15, -0.1) is 0 Å². The van der Waals surface area contributed by atoms with Crippen molar-refractivity contribution in [3.05, 3.63) is 0 Å². The van der Waals surface area contributed by atoms with Gasteiger partial charge < -0.3 is 15.8 Å². The lowest BCUT2D eigenvalue weighted by Gasteiger charge is -2.17. The Labute approximate surface area is 73.5 Å². The molecule has 0 aromatic rings. The summed E-state index contributed by atoms with van der Waals surface area (Å²) in [4.78, 5) is 10.8. The van der Waals surface area contributed by atoms with Crippen molar-refractivity contribution in [2.75, 3.05) is 13.2 Å². The Hall–Kier alpha value is -0.610. The molecule has 1 amide bonds. The second-order valence-corrected chi connectivity index (χ2v) is 2.94. The molecule has 4 nitrogen and oxygen atoms in total. The van der Waals surface area contributed by atoms with Gasteiger partial charge in [0.1, 0.15) is 6.04 Å². The van der Waals surface area contributed by atoms with Gasteiger partial charge in [-0.1, -0.05) is 13.8 Å². The van der Waals surface area contributed by atoms with Crippen molar-refractivity contribution in [2.24, 2.45) is 5.73 Å². The summed E-state index contributed by atoms with van der Waals surface area (Å²) in [6.07, 6.45) is 0. The molecule has 1 unspecified atom stereocenters. The summed E-state index contributed by atoms with van der Waals surface area (Å²) >= 11 is 0. The Balaban J connectivity index is 3.78. The van der Waals surface area contributed by atoms with E-state index in [1.807, 2.05) is 20.8 Å². The first-order valence-electron chi connectivity index (χ1n) is 4.21. The van der Waals surface area contributed by atoms with Crippen LogP contribution in [0.2, 0.25) is 0 Å². The van der Waals surface area contributed by atoms with E-state index in [0.717, 1.165) is 0 Å². The lowest BCUT2D eigenvalue weighted by Crippen LogP contribution is -2.47. The van der Waals surface area contributed by atoms with E-state index >= 15 is 0 Å². The normalized spacial score (nSPS) is 13.3. The predicted octanol–water partition coefficient (Wildman–Crippen LogP) is -0.125. The molecule has 3 N–H and O–H groups in total. The minimum absolute atomic E-state index is 0.239. The summed E-state index contributed by atoms with van der Waals surface area (Å²) in [5.41, 5.74) is 5.14. The molecular formula is C8H18N2O2. The molecule has 1 atom stereocenters. The third-order valence-corrected chi connectivity index (χ3v) is 1.37. The Morgan fingerprint density at radius 3 is 2.50 bits per heavy atom. The van der Waals surface area contributed by atoms with E-state index in [-0.39, 0.29) is 18.0 Å². The number of primary amides is 1. The standard InChI is InChI=1S/C8H18N2O2/c1-4-12-5-7(8(9)11)10-6(2)3/h6-7,10H,4-5H2,1-3H3,(H2,9,11). The number of nitrogens with two attached hydrogens (primary N) is 1. The maximum Gasteiger partial charge on any atom is 0.236 e. The van der Waals surface area contributed by atoms with Crippen LogP contribution in [0, 0.1) is 0 Å². The maximum absolute atomic E-state index is 10.8. The Morgan fingerprint density at radius 1 is 1.58 bits per heavy atom. The topological polar surface area (TPSA) is 64.3 Å². The van der Waals surface area contributed by atoms with Crippen LogP contribution in [0.1, 0.15) is 20.8 Å². The van der Waals surface area contributed by atoms with E-state index in [2.05, 4.69) is 5.32 Å². The number of carbonyl (C=O) groups excluding carboxylic acids is 1. The zero-order valence-corrected chi connectivity index (χ0v) is 7.96. The molecule has 0 aliphatic carbocycles. The van der Waals surface area contributed by atoms with Gasteiger partial charge in [-0.3, -0.25) is 4.79 Å². The maximum atomic E-state index is 10.8. The van der Waals surface area contributed by atoms with Crippen LogP contribution in [0.4, 0.5) is 0 Å². The van der Waals surface area contributed by atoms with Crippen LogP contribution in [0.3, 0.4) is 0 Å². The second kappa shape index (κ2) is 5.97. The summed E-state index contributed by atoms with van der Waals surface area (Å²) in [7, 11) is 0. The minimum atomic E-state index is -0.370. The summed E-state index contributed by atoms with van der Waals surface area (Å²) in [6, 6.07) is -0.132. The molecule has 0 aliphatic heterocycles. The van der Waals surface area contributed by atoms with Crippen LogP contribution < -0.4 is 11.1 Å². The molecular weight excluding hydrogens is 156 g/mol. The molecule has 0 aliphatic rings. The SMILES string of the molecule is CCOCC(NC(C)C)C(N)=O. The Kier molecular flexibility index (Phi) is 5.66. The lowest BCUT2D eigenvalue weighted by molar-refractivity contribution is -0.121. The van der Waals surface area contributed by atoms with Gasteiger partial charge in [0, 0.05) is 12.6 Å². The van der Waals surface area contributed by atoms with E-state index in [4.69, 9.17) is 10.5 Å². The van der Waals surface area contributed by atoms with E-state index in [9.17, 15) is 4.79 Å². The summed E-state index contributed by atoms with van der Waals surface area (Å²) < 4.78 is 5.09. The molecule has 0 rings (SSSR count). The number of hydrogen-bond acceptors (Lipinski definition) is 3. The highest BCUT2D eigenvalue weighted by molar-refractivity contribution is 5.80. The molecule has 0 spiro atoms. The quantitative estimate of drug-likeness (QED) is 0.590. The molecule has 0 fully saturated rings. The number of amides is 1.